The van der Waals surface area contributed by atoms with Gasteiger partial charge < -0.3 is 19.7 Å². The number of rotatable bonds is 9. The van der Waals surface area contributed by atoms with E-state index < -0.39 is 11.1 Å². The van der Waals surface area contributed by atoms with E-state index in [1.807, 2.05) is 39.0 Å². The van der Waals surface area contributed by atoms with Crippen LogP contribution in [0.5, 0.6) is 11.5 Å². The minimum Gasteiger partial charge on any atom is -0.490 e. The number of likely N-dealkylation sites (tertiary alicyclic amines) is 1. The Labute approximate surface area is 246 Å². The van der Waals surface area contributed by atoms with E-state index in [1.54, 1.807) is 23.1 Å². The summed E-state index contributed by atoms with van der Waals surface area (Å²) in [6.07, 6.45) is 4.53. The number of aryl methyl sites for hydroxylation is 2. The predicted octanol–water partition coefficient (Wildman–Crippen LogP) is 5.53. The van der Waals surface area contributed by atoms with Gasteiger partial charge in [-0.15, -0.1) is 0 Å². The second-order valence-corrected chi connectivity index (χ2v) is 11.5. The van der Waals surface area contributed by atoms with Crippen molar-refractivity contribution in [3.63, 3.8) is 0 Å². The molecule has 2 aromatic rings. The first kappa shape index (κ1) is 29.7. The molecule has 2 aliphatic rings. The number of anilines is 1. The molecule has 2 heterocycles. The first-order chi connectivity index (χ1) is 19.2. The van der Waals surface area contributed by atoms with Crippen molar-refractivity contribution in [2.45, 2.75) is 40.0 Å². The van der Waals surface area contributed by atoms with Crippen LogP contribution < -0.4 is 14.8 Å². The highest BCUT2D eigenvalue weighted by Gasteiger charge is 2.37. The van der Waals surface area contributed by atoms with Gasteiger partial charge in [0.2, 0.25) is 5.91 Å². The number of ether oxygens (including phenoxy) is 2. The van der Waals surface area contributed by atoms with Crippen molar-refractivity contribution >= 4 is 62.4 Å². The average molecular weight is 631 g/mol. The summed E-state index contributed by atoms with van der Waals surface area (Å²) in [7, 11) is 0. The minimum absolute atomic E-state index is 0.215. The lowest BCUT2D eigenvalue weighted by Gasteiger charge is -2.27. The van der Waals surface area contributed by atoms with Crippen molar-refractivity contribution < 1.29 is 28.7 Å². The highest BCUT2D eigenvalue weighted by atomic mass is 79.9. The van der Waals surface area contributed by atoms with Crippen molar-refractivity contribution in [1.29, 1.82) is 0 Å². The molecule has 0 aromatic heterocycles. The van der Waals surface area contributed by atoms with E-state index in [2.05, 4.69) is 21.2 Å². The molecule has 0 unspecified atom stereocenters. The molecule has 0 spiro atoms. The summed E-state index contributed by atoms with van der Waals surface area (Å²) in [5.41, 5.74) is 3.36. The Bertz CT molecular complexity index is 1360. The van der Waals surface area contributed by atoms with Gasteiger partial charge in [-0.3, -0.25) is 24.1 Å². The molecule has 0 bridgehead atoms. The Kier molecular flexibility index (Phi) is 9.91. The van der Waals surface area contributed by atoms with Crippen LogP contribution in [0.25, 0.3) is 6.08 Å². The normalized spacial score (nSPS) is 16.4. The third kappa shape index (κ3) is 7.25. The zero-order valence-corrected chi connectivity index (χ0v) is 25.2. The van der Waals surface area contributed by atoms with E-state index in [1.165, 1.54) is 0 Å². The second kappa shape index (κ2) is 13.4. The fraction of sp³-hybridized carbons (Fsp3) is 0.379. The smallest absolute Gasteiger partial charge is 0.294 e. The number of benzene rings is 2. The van der Waals surface area contributed by atoms with Gasteiger partial charge in [-0.2, -0.15) is 0 Å². The molecular weight excluding hydrogens is 598 g/mol. The Hall–Kier alpha value is -3.31. The number of hydrogen-bond acceptors (Lipinski definition) is 7. The second-order valence-electron chi connectivity index (χ2n) is 9.63. The standard InChI is InChI=1S/C29H32BrN3O6S/c1-4-38-23-14-20(13-21(30)27(23)39-17-25(34)31-22-9-8-18(2)12-19(22)3)15-24-28(36)33(29(37)40-24)16-26(35)32-10-6-5-7-11-32/h8-9,12-15H,4-7,10-11,16-17H2,1-3H3,(H,31,34)/b24-15-. The SMILES string of the molecule is CCOc1cc(/C=C2\SC(=O)N(CC(=O)N3CCCCC3)C2=O)cc(Br)c1OCC(=O)Nc1ccc(C)cc1C. The molecule has 11 heteroatoms. The molecule has 2 aromatic carbocycles. The van der Waals surface area contributed by atoms with Gasteiger partial charge in [-0.1, -0.05) is 17.7 Å². The van der Waals surface area contributed by atoms with Crippen molar-refractivity contribution in [1.82, 2.24) is 9.80 Å². The maximum atomic E-state index is 13.0. The molecule has 2 fully saturated rings. The summed E-state index contributed by atoms with van der Waals surface area (Å²) >= 11 is 4.28. The van der Waals surface area contributed by atoms with Gasteiger partial charge >= 0.3 is 0 Å². The highest BCUT2D eigenvalue weighted by Crippen LogP contribution is 2.39. The van der Waals surface area contributed by atoms with Crippen LogP contribution in [0.2, 0.25) is 0 Å². The van der Waals surface area contributed by atoms with E-state index in [4.69, 9.17) is 9.47 Å². The molecule has 9 nitrogen and oxygen atoms in total. The zero-order chi connectivity index (χ0) is 28.8. The molecule has 0 saturated carbocycles. The molecule has 4 rings (SSSR count). The van der Waals surface area contributed by atoms with E-state index in [-0.39, 0.29) is 29.9 Å². The summed E-state index contributed by atoms with van der Waals surface area (Å²) < 4.78 is 12.1. The van der Waals surface area contributed by atoms with E-state index in [0.717, 1.165) is 47.1 Å². The minimum atomic E-state index is -0.502. The van der Waals surface area contributed by atoms with Gasteiger partial charge in [0.05, 0.1) is 16.0 Å². The van der Waals surface area contributed by atoms with Crippen LogP contribution in [0.1, 0.15) is 42.9 Å². The first-order valence-electron chi connectivity index (χ1n) is 13.2. The summed E-state index contributed by atoms with van der Waals surface area (Å²) in [6.45, 7) is 6.88. The van der Waals surface area contributed by atoms with Crippen molar-refractivity contribution in [2.75, 3.05) is 38.2 Å². The molecule has 1 N–H and O–H groups in total. The van der Waals surface area contributed by atoms with Gasteiger partial charge in [-0.05, 0) is 103 Å². The lowest BCUT2D eigenvalue weighted by molar-refractivity contribution is -0.136. The highest BCUT2D eigenvalue weighted by molar-refractivity contribution is 9.10. The molecule has 2 aliphatic heterocycles. The van der Waals surface area contributed by atoms with E-state index in [0.29, 0.717) is 46.9 Å². The Morgan fingerprint density at radius 3 is 2.52 bits per heavy atom. The topological polar surface area (TPSA) is 105 Å². The van der Waals surface area contributed by atoms with Gasteiger partial charge in [0, 0.05) is 18.8 Å². The molecular formula is C29H32BrN3O6S. The van der Waals surface area contributed by atoms with Crippen LogP contribution in [-0.2, 0) is 14.4 Å². The summed E-state index contributed by atoms with van der Waals surface area (Å²) in [6, 6.07) is 9.16. The molecule has 2 saturated heterocycles. The summed E-state index contributed by atoms with van der Waals surface area (Å²) in [4.78, 5) is 53.7. The number of piperidine rings is 1. The number of carbonyl (C=O) groups is 4. The molecule has 40 heavy (non-hydrogen) atoms. The van der Waals surface area contributed by atoms with Crippen LogP contribution in [0.15, 0.2) is 39.7 Å². The number of carbonyl (C=O) groups excluding carboxylic acids is 4. The third-order valence-corrected chi connectivity index (χ3v) is 8.01. The van der Waals surface area contributed by atoms with Gasteiger partial charge in [-0.25, -0.2) is 0 Å². The van der Waals surface area contributed by atoms with Crippen LogP contribution in [-0.4, -0.2) is 65.6 Å². The first-order valence-corrected chi connectivity index (χ1v) is 14.8. The Morgan fingerprint density at radius 2 is 1.82 bits per heavy atom. The van der Waals surface area contributed by atoms with Crippen LogP contribution in [0, 0.1) is 13.8 Å². The Morgan fingerprint density at radius 1 is 1.07 bits per heavy atom. The Balaban J connectivity index is 1.45. The number of halogens is 1. The van der Waals surface area contributed by atoms with Crippen LogP contribution in [0.4, 0.5) is 10.5 Å². The number of nitrogens with zero attached hydrogens (tertiary/aromatic N) is 2. The fourth-order valence-corrected chi connectivity index (χ4v) is 5.93. The lowest BCUT2D eigenvalue weighted by atomic mass is 10.1. The van der Waals surface area contributed by atoms with Crippen LogP contribution >= 0.6 is 27.7 Å². The number of thioether (sulfide) groups is 1. The van der Waals surface area contributed by atoms with Gasteiger partial charge in [0.25, 0.3) is 17.1 Å². The monoisotopic (exact) mass is 629 g/mol. The van der Waals surface area contributed by atoms with Crippen LogP contribution in [0.3, 0.4) is 0 Å². The summed E-state index contributed by atoms with van der Waals surface area (Å²) in [5, 5.41) is 2.38. The number of imide groups is 1. The maximum absolute atomic E-state index is 13.0. The maximum Gasteiger partial charge on any atom is 0.294 e. The molecule has 0 aliphatic carbocycles. The van der Waals surface area contributed by atoms with Gasteiger partial charge in [0.1, 0.15) is 6.54 Å². The van der Waals surface area contributed by atoms with Crippen molar-refractivity contribution in [2.24, 2.45) is 0 Å². The number of nitrogens with one attached hydrogen (secondary N) is 1. The zero-order valence-electron chi connectivity index (χ0n) is 22.8. The van der Waals surface area contributed by atoms with Crippen molar-refractivity contribution in [3.05, 3.63) is 56.4 Å². The summed E-state index contributed by atoms with van der Waals surface area (Å²) in [5.74, 6) is -0.319. The average Bonchev–Trinajstić information content (AvgIpc) is 3.17. The number of hydrogen-bond donors (Lipinski definition) is 1. The molecule has 0 radical (unpaired) electrons. The number of amides is 4. The molecule has 0 atom stereocenters. The predicted molar refractivity (Wildman–Crippen MR) is 158 cm³/mol. The molecule has 4 amide bonds. The lowest BCUT2D eigenvalue weighted by Crippen LogP contribution is -2.44. The van der Waals surface area contributed by atoms with Gasteiger partial charge in [0.15, 0.2) is 18.1 Å². The quantitative estimate of drug-likeness (QED) is 0.364. The largest absolute Gasteiger partial charge is 0.490 e. The fourth-order valence-electron chi connectivity index (χ4n) is 4.52. The molecule has 212 valence electrons. The van der Waals surface area contributed by atoms with Crippen molar-refractivity contribution in [3.8, 4) is 11.5 Å². The third-order valence-electron chi connectivity index (χ3n) is 6.51. The van der Waals surface area contributed by atoms with E-state index >= 15 is 0 Å². The van der Waals surface area contributed by atoms with E-state index in [9.17, 15) is 19.2 Å².